The minimum Gasteiger partial charge on any atom is -0.492 e. The van der Waals surface area contributed by atoms with Crippen molar-refractivity contribution in [3.05, 3.63) is 47.2 Å². The Labute approximate surface area is 152 Å². The van der Waals surface area contributed by atoms with E-state index in [1.165, 1.54) is 35.8 Å². The Bertz CT molecular complexity index is 982. The highest BCUT2D eigenvalue weighted by molar-refractivity contribution is 7.09. The van der Waals surface area contributed by atoms with Crippen molar-refractivity contribution in [3.8, 4) is 16.7 Å². The molecule has 0 aliphatic carbocycles. The molecule has 7 nitrogen and oxygen atoms in total. The van der Waals surface area contributed by atoms with Crippen molar-refractivity contribution in [1.29, 1.82) is 0 Å². The maximum absolute atomic E-state index is 13.1. The highest BCUT2D eigenvalue weighted by atomic mass is 32.1. The summed E-state index contributed by atoms with van der Waals surface area (Å²) in [5.41, 5.74) is 0.972. The predicted octanol–water partition coefficient (Wildman–Crippen LogP) is 2.77. The highest BCUT2D eigenvalue weighted by Gasteiger charge is 2.34. The largest absolute Gasteiger partial charge is 0.492 e. The van der Waals surface area contributed by atoms with Gasteiger partial charge in [-0.2, -0.15) is 9.36 Å². The predicted molar refractivity (Wildman–Crippen MR) is 93.4 cm³/mol. The number of aromatic nitrogens is 4. The first-order chi connectivity index (χ1) is 12.5. The molecule has 3 aromatic rings. The molecule has 2 aromatic heterocycles. The number of fused-ring (bicyclic) bond motifs is 1. The molecule has 0 spiro atoms. The van der Waals surface area contributed by atoms with Crippen molar-refractivity contribution in [3.63, 3.8) is 0 Å². The Kier molecular flexibility index (Phi) is 3.95. The normalized spacial score (nSPS) is 16.6. The Morgan fingerprint density at radius 3 is 2.65 bits per heavy atom. The quantitative estimate of drug-likeness (QED) is 0.747. The molecule has 1 amide bonds. The van der Waals surface area contributed by atoms with Gasteiger partial charge in [0.2, 0.25) is 5.88 Å². The lowest BCUT2D eigenvalue weighted by Crippen LogP contribution is -2.41. The molecular formula is C17H16FN5O2S. The summed E-state index contributed by atoms with van der Waals surface area (Å²) in [6.45, 7) is 4.56. The average Bonchev–Trinajstić information content (AvgIpc) is 3.19. The second-order valence-corrected chi connectivity index (χ2v) is 6.88. The van der Waals surface area contributed by atoms with E-state index in [1.54, 1.807) is 11.8 Å². The van der Waals surface area contributed by atoms with Crippen molar-refractivity contribution in [2.24, 2.45) is 0 Å². The molecule has 0 radical (unpaired) electrons. The molecule has 134 valence electrons. The van der Waals surface area contributed by atoms with Crippen molar-refractivity contribution in [2.75, 3.05) is 6.54 Å². The Morgan fingerprint density at radius 1 is 1.27 bits per heavy atom. The smallest absolute Gasteiger partial charge is 0.254 e. The molecule has 1 atom stereocenters. The van der Waals surface area contributed by atoms with E-state index < -0.39 is 0 Å². The zero-order chi connectivity index (χ0) is 18.4. The van der Waals surface area contributed by atoms with E-state index in [1.807, 2.05) is 11.5 Å². The van der Waals surface area contributed by atoms with E-state index in [9.17, 15) is 14.3 Å². The van der Waals surface area contributed by atoms with Gasteiger partial charge in [0.05, 0.1) is 6.04 Å². The van der Waals surface area contributed by atoms with Gasteiger partial charge >= 0.3 is 0 Å². The molecule has 1 N–H and O–H groups in total. The zero-order valence-corrected chi connectivity index (χ0v) is 15.0. The summed E-state index contributed by atoms with van der Waals surface area (Å²) in [4.78, 5) is 23.0. The van der Waals surface area contributed by atoms with Gasteiger partial charge in [-0.25, -0.2) is 9.37 Å². The molecule has 0 saturated carbocycles. The van der Waals surface area contributed by atoms with Gasteiger partial charge in [0.25, 0.3) is 5.91 Å². The molecular weight excluding hydrogens is 357 g/mol. The summed E-state index contributed by atoms with van der Waals surface area (Å²) in [7, 11) is 0. The summed E-state index contributed by atoms with van der Waals surface area (Å²) < 4.78 is 19.1. The third-order valence-corrected chi connectivity index (χ3v) is 5.29. The summed E-state index contributed by atoms with van der Waals surface area (Å²) >= 11 is 1.22. The number of hydrogen-bond acceptors (Lipinski definition) is 6. The van der Waals surface area contributed by atoms with Gasteiger partial charge in [0.1, 0.15) is 17.3 Å². The van der Waals surface area contributed by atoms with Gasteiger partial charge in [-0.3, -0.25) is 4.79 Å². The number of benzene rings is 1. The fraction of sp³-hybridized carbons (Fsp3) is 0.294. The van der Waals surface area contributed by atoms with Crippen LogP contribution in [0.15, 0.2) is 24.3 Å². The monoisotopic (exact) mass is 373 g/mol. The lowest BCUT2D eigenvalue weighted by molar-refractivity contribution is 0.0641. The standard InChI is InChI=1S/C17H16FN5O2S/c1-9-13-15(24)20-14(16-19-10(2)21-26-16)23(13)8-7-22(9)17(25)11-3-5-12(18)6-4-11/h3-6,9,24H,7-8H2,1-2H3. The van der Waals surface area contributed by atoms with Gasteiger partial charge in [0.15, 0.2) is 10.8 Å². The second-order valence-electron chi connectivity index (χ2n) is 6.12. The van der Waals surface area contributed by atoms with Crippen molar-refractivity contribution < 1.29 is 14.3 Å². The van der Waals surface area contributed by atoms with Gasteiger partial charge in [-0.05, 0) is 49.6 Å². The topological polar surface area (TPSA) is 84.1 Å². The maximum atomic E-state index is 13.1. The van der Waals surface area contributed by atoms with Crippen LogP contribution in [0.2, 0.25) is 0 Å². The molecule has 9 heteroatoms. The maximum Gasteiger partial charge on any atom is 0.254 e. The molecule has 26 heavy (non-hydrogen) atoms. The van der Waals surface area contributed by atoms with E-state index in [2.05, 4.69) is 14.3 Å². The Hall–Kier alpha value is -2.81. The number of rotatable bonds is 2. The molecule has 1 unspecified atom stereocenters. The van der Waals surface area contributed by atoms with Gasteiger partial charge in [0, 0.05) is 18.7 Å². The highest BCUT2D eigenvalue weighted by Crippen LogP contribution is 2.37. The second kappa shape index (κ2) is 6.17. The number of hydrogen-bond donors (Lipinski definition) is 1. The lowest BCUT2D eigenvalue weighted by atomic mass is 10.1. The number of amides is 1. The number of aromatic hydroxyl groups is 1. The molecule has 0 saturated heterocycles. The molecule has 4 rings (SSSR count). The SMILES string of the molecule is Cc1nsc(-c2nc(O)c3n2CCN(C(=O)c2ccc(F)cc2)C3C)n1. The lowest BCUT2D eigenvalue weighted by Gasteiger charge is -2.34. The fourth-order valence-corrected chi connectivity index (χ4v) is 3.90. The number of aryl methyl sites for hydroxylation is 1. The van der Waals surface area contributed by atoms with Gasteiger partial charge in [-0.15, -0.1) is 0 Å². The van der Waals surface area contributed by atoms with E-state index in [4.69, 9.17) is 0 Å². The van der Waals surface area contributed by atoms with Crippen LogP contribution >= 0.6 is 11.5 Å². The Balaban J connectivity index is 1.69. The molecule has 1 aliphatic rings. The van der Waals surface area contributed by atoms with E-state index in [-0.39, 0.29) is 23.6 Å². The van der Waals surface area contributed by atoms with Crippen molar-refractivity contribution in [2.45, 2.75) is 26.4 Å². The average molecular weight is 373 g/mol. The van der Waals surface area contributed by atoms with Crippen molar-refractivity contribution in [1.82, 2.24) is 23.8 Å². The van der Waals surface area contributed by atoms with Gasteiger partial charge < -0.3 is 14.6 Å². The summed E-state index contributed by atoms with van der Waals surface area (Å²) in [5.74, 6) is 0.498. The van der Waals surface area contributed by atoms with Crippen LogP contribution in [0.25, 0.3) is 10.8 Å². The molecule has 1 aromatic carbocycles. The minimum atomic E-state index is -0.388. The van der Waals surface area contributed by atoms with Crippen LogP contribution in [0.3, 0.4) is 0 Å². The summed E-state index contributed by atoms with van der Waals surface area (Å²) in [6, 6.07) is 5.08. The van der Waals surface area contributed by atoms with E-state index in [0.29, 0.717) is 41.0 Å². The van der Waals surface area contributed by atoms with Crippen molar-refractivity contribution >= 4 is 17.4 Å². The van der Waals surface area contributed by atoms with Crippen LogP contribution in [0.5, 0.6) is 5.88 Å². The number of halogens is 1. The summed E-state index contributed by atoms with van der Waals surface area (Å²) in [6.07, 6.45) is 0. The van der Waals surface area contributed by atoms with Crippen LogP contribution in [-0.4, -0.2) is 41.4 Å². The fourth-order valence-electron chi connectivity index (χ4n) is 3.23. The van der Waals surface area contributed by atoms with Crippen LogP contribution in [0.4, 0.5) is 4.39 Å². The first-order valence-corrected chi connectivity index (χ1v) is 8.89. The molecule has 1 aliphatic heterocycles. The van der Waals surface area contributed by atoms with E-state index in [0.717, 1.165) is 0 Å². The number of imidazole rings is 1. The molecule has 0 fully saturated rings. The third-order valence-electron chi connectivity index (χ3n) is 4.49. The minimum absolute atomic E-state index is 0.114. The van der Waals surface area contributed by atoms with Crippen LogP contribution in [0.1, 0.15) is 34.8 Å². The van der Waals surface area contributed by atoms with Gasteiger partial charge in [-0.1, -0.05) is 0 Å². The Morgan fingerprint density at radius 2 is 2.00 bits per heavy atom. The number of nitrogens with zero attached hydrogens (tertiary/aromatic N) is 5. The third kappa shape index (κ3) is 2.64. The number of carbonyl (C=O) groups is 1. The number of carbonyl (C=O) groups excluding carboxylic acids is 1. The molecule has 3 heterocycles. The first kappa shape index (κ1) is 16.6. The zero-order valence-electron chi connectivity index (χ0n) is 14.2. The van der Waals surface area contributed by atoms with Crippen LogP contribution in [0, 0.1) is 12.7 Å². The summed E-state index contributed by atoms with van der Waals surface area (Å²) in [5, 5.41) is 11.0. The van der Waals surface area contributed by atoms with Crippen LogP contribution in [-0.2, 0) is 6.54 Å². The first-order valence-electron chi connectivity index (χ1n) is 8.12. The molecule has 0 bridgehead atoms. The van der Waals surface area contributed by atoms with Crippen LogP contribution < -0.4 is 0 Å². The van der Waals surface area contributed by atoms with E-state index >= 15 is 0 Å².